The van der Waals surface area contributed by atoms with E-state index >= 15 is 0 Å². The molecule has 0 aliphatic carbocycles. The zero-order valence-electron chi connectivity index (χ0n) is 15.9. The number of hydrogen-bond acceptors (Lipinski definition) is 5. The zero-order valence-corrected chi connectivity index (χ0v) is 15.9. The number of carbonyl (C=O) groups is 1. The first-order valence-corrected chi connectivity index (χ1v) is 9.09. The molecular weight excluding hydrogens is 326 g/mol. The summed E-state index contributed by atoms with van der Waals surface area (Å²) in [5.74, 6) is 0.872. The van der Waals surface area contributed by atoms with E-state index < -0.39 is 0 Å². The van der Waals surface area contributed by atoms with Gasteiger partial charge in [-0.05, 0) is 46.0 Å². The molecule has 1 aromatic carbocycles. The minimum Gasteiger partial charge on any atom is -0.368 e. The van der Waals surface area contributed by atoms with Crippen molar-refractivity contribution >= 4 is 11.7 Å². The van der Waals surface area contributed by atoms with Gasteiger partial charge in [-0.2, -0.15) is 0 Å². The number of rotatable bonds is 5. The van der Waals surface area contributed by atoms with Crippen molar-refractivity contribution in [1.82, 2.24) is 19.8 Å². The van der Waals surface area contributed by atoms with Gasteiger partial charge in [0.1, 0.15) is 12.1 Å². The predicted octanol–water partition coefficient (Wildman–Crippen LogP) is 2.74. The number of aromatic nitrogens is 2. The summed E-state index contributed by atoms with van der Waals surface area (Å²) in [6.45, 7) is 6.12. The summed E-state index contributed by atoms with van der Waals surface area (Å²) >= 11 is 0. The number of nitrogens with zero attached hydrogens (tertiary/aromatic N) is 4. The second-order valence-electron chi connectivity index (χ2n) is 7.29. The lowest BCUT2D eigenvalue weighted by molar-refractivity contribution is 0.0737. The largest absolute Gasteiger partial charge is 0.368 e. The van der Waals surface area contributed by atoms with E-state index in [1.165, 1.54) is 0 Å². The average Bonchev–Trinajstić information content (AvgIpc) is 3.07. The van der Waals surface area contributed by atoms with Crippen LogP contribution in [0.15, 0.2) is 36.7 Å². The van der Waals surface area contributed by atoms with Crippen molar-refractivity contribution in [3.8, 4) is 11.3 Å². The Morgan fingerprint density at radius 1 is 1.27 bits per heavy atom. The minimum absolute atomic E-state index is 0.0710. The van der Waals surface area contributed by atoms with Gasteiger partial charge in [0.05, 0.1) is 5.69 Å². The molecule has 0 bridgehead atoms. The number of carbonyl (C=O) groups excluding carboxylic acids is 1. The van der Waals surface area contributed by atoms with Gasteiger partial charge in [-0.3, -0.25) is 4.79 Å². The Kier molecular flexibility index (Phi) is 5.52. The highest BCUT2D eigenvalue weighted by Gasteiger charge is 2.26. The molecule has 1 aliphatic heterocycles. The van der Waals surface area contributed by atoms with Crippen molar-refractivity contribution in [2.75, 3.05) is 32.5 Å². The van der Waals surface area contributed by atoms with Crippen molar-refractivity contribution in [1.29, 1.82) is 0 Å². The van der Waals surface area contributed by atoms with Gasteiger partial charge in [0, 0.05) is 42.9 Å². The lowest BCUT2D eigenvalue weighted by Crippen LogP contribution is -2.38. The van der Waals surface area contributed by atoms with E-state index in [2.05, 4.69) is 41.1 Å². The van der Waals surface area contributed by atoms with E-state index in [0.29, 0.717) is 17.6 Å². The molecule has 26 heavy (non-hydrogen) atoms. The molecule has 1 saturated heterocycles. The quantitative estimate of drug-likeness (QED) is 0.896. The summed E-state index contributed by atoms with van der Waals surface area (Å²) in [7, 11) is 3.99. The van der Waals surface area contributed by atoms with Gasteiger partial charge >= 0.3 is 0 Å². The van der Waals surface area contributed by atoms with Crippen LogP contribution in [-0.2, 0) is 0 Å². The molecule has 0 spiro atoms. The summed E-state index contributed by atoms with van der Waals surface area (Å²) in [6.07, 6.45) is 2.59. The first-order chi connectivity index (χ1) is 12.4. The molecule has 0 radical (unpaired) electrons. The smallest absolute Gasteiger partial charge is 0.253 e. The van der Waals surface area contributed by atoms with Gasteiger partial charge in [-0.15, -0.1) is 0 Å². The summed E-state index contributed by atoms with van der Waals surface area (Å²) < 4.78 is 0. The average molecular weight is 353 g/mol. The number of anilines is 1. The molecule has 1 aromatic heterocycles. The summed E-state index contributed by atoms with van der Waals surface area (Å²) in [5, 5.41) is 3.28. The lowest BCUT2D eigenvalue weighted by Gasteiger charge is -2.24. The molecule has 2 heterocycles. The van der Waals surface area contributed by atoms with Crippen LogP contribution in [0.2, 0.25) is 0 Å². The first-order valence-electron chi connectivity index (χ1n) is 9.09. The molecule has 1 N–H and O–H groups in total. The molecule has 1 aliphatic rings. The molecule has 2 aromatic rings. The standard InChI is InChI=1S/C20H27N5O/c1-14(2)23-19-11-18(21-13-22-19)15-5-7-16(8-6-15)20(26)25(4)17-9-10-24(3)12-17/h5-8,11,13-14,17H,9-10,12H2,1-4H3,(H,21,22,23). The van der Waals surface area contributed by atoms with Crippen molar-refractivity contribution < 1.29 is 4.79 Å². The number of likely N-dealkylation sites (N-methyl/N-ethyl adjacent to an activating group) is 2. The fourth-order valence-corrected chi connectivity index (χ4v) is 3.27. The molecule has 1 unspecified atom stereocenters. The van der Waals surface area contributed by atoms with Gasteiger partial charge in [0.2, 0.25) is 0 Å². The van der Waals surface area contributed by atoms with E-state index in [0.717, 1.165) is 36.6 Å². The SMILES string of the molecule is CC(C)Nc1cc(-c2ccc(C(=O)N(C)C3CCN(C)C3)cc2)ncn1. The Bertz CT molecular complexity index is 759. The minimum atomic E-state index is 0.0710. The number of nitrogens with one attached hydrogen (secondary N) is 1. The second-order valence-corrected chi connectivity index (χ2v) is 7.29. The van der Waals surface area contributed by atoms with Gasteiger partial charge in [-0.25, -0.2) is 9.97 Å². The van der Waals surface area contributed by atoms with Crippen molar-refractivity contribution in [2.45, 2.75) is 32.4 Å². The topological polar surface area (TPSA) is 61.4 Å². The van der Waals surface area contributed by atoms with Crippen LogP contribution >= 0.6 is 0 Å². The highest BCUT2D eigenvalue weighted by atomic mass is 16.2. The molecule has 138 valence electrons. The molecule has 6 nitrogen and oxygen atoms in total. The fourth-order valence-electron chi connectivity index (χ4n) is 3.27. The van der Waals surface area contributed by atoms with Crippen LogP contribution in [0.1, 0.15) is 30.6 Å². The Labute approximate surface area is 155 Å². The highest BCUT2D eigenvalue weighted by molar-refractivity contribution is 5.94. The van der Waals surface area contributed by atoms with Crippen LogP contribution in [0.25, 0.3) is 11.3 Å². The van der Waals surface area contributed by atoms with Crippen molar-refractivity contribution in [2.24, 2.45) is 0 Å². The predicted molar refractivity (Wildman–Crippen MR) is 104 cm³/mol. The van der Waals surface area contributed by atoms with Crippen LogP contribution in [-0.4, -0.2) is 64.9 Å². The van der Waals surface area contributed by atoms with Crippen LogP contribution < -0.4 is 5.32 Å². The Morgan fingerprint density at radius 3 is 2.62 bits per heavy atom. The number of hydrogen-bond donors (Lipinski definition) is 1. The maximum absolute atomic E-state index is 12.7. The summed E-state index contributed by atoms with van der Waals surface area (Å²) in [5.41, 5.74) is 2.52. The van der Waals surface area contributed by atoms with E-state index in [1.807, 2.05) is 42.3 Å². The van der Waals surface area contributed by atoms with Crippen LogP contribution in [0.5, 0.6) is 0 Å². The van der Waals surface area contributed by atoms with Crippen LogP contribution in [0.4, 0.5) is 5.82 Å². The maximum Gasteiger partial charge on any atom is 0.253 e. The van der Waals surface area contributed by atoms with Gasteiger partial charge in [0.15, 0.2) is 0 Å². The molecule has 1 atom stereocenters. The van der Waals surface area contributed by atoms with Crippen molar-refractivity contribution in [3.63, 3.8) is 0 Å². The monoisotopic (exact) mass is 353 g/mol. The third kappa shape index (κ3) is 4.19. The van der Waals surface area contributed by atoms with Crippen LogP contribution in [0.3, 0.4) is 0 Å². The van der Waals surface area contributed by atoms with E-state index in [-0.39, 0.29) is 5.91 Å². The maximum atomic E-state index is 12.7. The lowest BCUT2D eigenvalue weighted by atomic mass is 10.1. The Hall–Kier alpha value is -2.47. The molecule has 6 heteroatoms. The van der Waals surface area contributed by atoms with Crippen LogP contribution in [0, 0.1) is 0 Å². The molecule has 1 amide bonds. The normalized spacial score (nSPS) is 17.5. The Balaban J connectivity index is 1.73. The van der Waals surface area contributed by atoms with E-state index in [9.17, 15) is 4.79 Å². The zero-order chi connectivity index (χ0) is 18.7. The summed E-state index contributed by atoms with van der Waals surface area (Å²) in [4.78, 5) is 25.4. The van der Waals surface area contributed by atoms with E-state index in [1.54, 1.807) is 6.33 Å². The molecule has 1 fully saturated rings. The van der Waals surface area contributed by atoms with Gasteiger partial charge in [0.25, 0.3) is 5.91 Å². The molecule has 3 rings (SSSR count). The van der Waals surface area contributed by atoms with Gasteiger partial charge < -0.3 is 15.1 Å². The Morgan fingerprint density at radius 2 is 2.00 bits per heavy atom. The fraction of sp³-hybridized carbons (Fsp3) is 0.450. The van der Waals surface area contributed by atoms with Crippen molar-refractivity contribution in [3.05, 3.63) is 42.2 Å². The summed E-state index contributed by atoms with van der Waals surface area (Å²) in [6, 6.07) is 10.2. The highest BCUT2D eigenvalue weighted by Crippen LogP contribution is 2.21. The number of benzene rings is 1. The molecular formula is C20H27N5O. The third-order valence-electron chi connectivity index (χ3n) is 4.77. The number of likely N-dealkylation sites (tertiary alicyclic amines) is 1. The second kappa shape index (κ2) is 7.83. The van der Waals surface area contributed by atoms with E-state index in [4.69, 9.17) is 0 Å². The van der Waals surface area contributed by atoms with Gasteiger partial charge in [-0.1, -0.05) is 12.1 Å². The number of amides is 1. The first kappa shape index (κ1) is 18.3. The third-order valence-corrected chi connectivity index (χ3v) is 4.77. The molecule has 0 saturated carbocycles.